The molecule has 6 nitrogen and oxygen atoms in total. The predicted molar refractivity (Wildman–Crippen MR) is 131 cm³/mol. The first-order valence-electron chi connectivity index (χ1n) is 11.9. The molecule has 0 unspecified atom stereocenters. The second-order valence-electron chi connectivity index (χ2n) is 9.98. The summed E-state index contributed by atoms with van der Waals surface area (Å²) in [5, 5.41) is 6.76. The number of ether oxygens (including phenoxy) is 1. The smallest absolute Gasteiger partial charge is 0.410 e. The van der Waals surface area contributed by atoms with E-state index >= 15 is 0 Å². The quantitative estimate of drug-likeness (QED) is 0.307. The van der Waals surface area contributed by atoms with Crippen LogP contribution in [0.1, 0.15) is 52.0 Å². The molecule has 0 saturated carbocycles. The monoisotopic (exact) mass is 450 g/mol. The van der Waals surface area contributed by atoms with Gasteiger partial charge in [-0.15, -0.1) is 0 Å². The maximum atomic E-state index is 12.2. The Labute approximate surface area is 194 Å². The van der Waals surface area contributed by atoms with Gasteiger partial charge in [0.25, 0.3) is 0 Å². The van der Waals surface area contributed by atoms with Crippen LogP contribution in [0, 0.1) is 5.92 Å². The lowest BCUT2D eigenvalue weighted by atomic mass is 9.92. The van der Waals surface area contributed by atoms with Crippen LogP contribution in [0.5, 0.6) is 0 Å². The molecule has 33 heavy (non-hydrogen) atoms. The highest BCUT2D eigenvalue weighted by molar-refractivity contribution is 6.07. The Balaban J connectivity index is 1.27. The van der Waals surface area contributed by atoms with E-state index in [1.165, 1.54) is 0 Å². The number of fused-ring (bicyclic) bond motifs is 3. The fourth-order valence-electron chi connectivity index (χ4n) is 4.63. The molecule has 6 heteroatoms. The fourth-order valence-corrected chi connectivity index (χ4v) is 4.63. The molecule has 0 atom stereocenters. The number of carbonyl (C=O) groups excluding carboxylic acids is 1. The molecule has 0 spiro atoms. The highest BCUT2D eigenvalue weighted by atomic mass is 16.6. The van der Waals surface area contributed by atoms with E-state index in [0.717, 1.165) is 67.0 Å². The normalized spacial score (nSPS) is 15.3. The second-order valence-corrected chi connectivity index (χ2v) is 9.98. The topological polar surface area (TPSA) is 71.8 Å². The SMILES string of the molecule is CC(C)(C)OC(=O)N1CCC(CCCNCc2cc(=O)oc3ccc4ccccc4c23)CC1. The average Bonchev–Trinajstić information content (AvgIpc) is 2.77. The van der Waals surface area contributed by atoms with Gasteiger partial charge in [0, 0.05) is 31.1 Å². The fraction of sp³-hybridized carbons (Fsp3) is 0.481. The summed E-state index contributed by atoms with van der Waals surface area (Å²) < 4.78 is 10.9. The molecule has 1 fully saturated rings. The number of piperidine rings is 1. The van der Waals surface area contributed by atoms with Crippen molar-refractivity contribution >= 4 is 27.8 Å². The Morgan fingerprint density at radius 3 is 2.67 bits per heavy atom. The van der Waals surface area contributed by atoms with Crippen molar-refractivity contribution in [3.8, 4) is 0 Å². The van der Waals surface area contributed by atoms with Gasteiger partial charge in [0.05, 0.1) is 0 Å². The highest BCUT2D eigenvalue weighted by Crippen LogP contribution is 2.27. The summed E-state index contributed by atoms with van der Waals surface area (Å²) in [7, 11) is 0. The van der Waals surface area contributed by atoms with Crippen LogP contribution >= 0.6 is 0 Å². The summed E-state index contributed by atoms with van der Waals surface area (Å²) >= 11 is 0. The molecule has 2 heterocycles. The Kier molecular flexibility index (Phi) is 7.03. The first-order chi connectivity index (χ1) is 15.8. The van der Waals surface area contributed by atoms with Gasteiger partial charge in [0.2, 0.25) is 0 Å². The van der Waals surface area contributed by atoms with Crippen LogP contribution in [0.3, 0.4) is 0 Å². The molecule has 1 saturated heterocycles. The third-order valence-corrected chi connectivity index (χ3v) is 6.26. The van der Waals surface area contributed by atoms with Crippen LogP contribution in [-0.2, 0) is 11.3 Å². The van der Waals surface area contributed by atoms with Crippen molar-refractivity contribution in [3.05, 3.63) is 58.4 Å². The number of hydrogen-bond donors (Lipinski definition) is 1. The van der Waals surface area contributed by atoms with Crippen molar-refractivity contribution in [2.75, 3.05) is 19.6 Å². The molecule has 0 bridgehead atoms. The molecule has 176 valence electrons. The van der Waals surface area contributed by atoms with Gasteiger partial charge in [-0.05, 0) is 81.3 Å². The van der Waals surface area contributed by atoms with E-state index < -0.39 is 5.60 Å². The molecule has 3 aromatic rings. The van der Waals surface area contributed by atoms with Gasteiger partial charge in [-0.2, -0.15) is 0 Å². The van der Waals surface area contributed by atoms with E-state index in [1.807, 2.05) is 49.9 Å². The van der Waals surface area contributed by atoms with Gasteiger partial charge in [0.1, 0.15) is 11.2 Å². The van der Waals surface area contributed by atoms with E-state index in [9.17, 15) is 9.59 Å². The third kappa shape index (κ3) is 5.93. The van der Waals surface area contributed by atoms with E-state index in [1.54, 1.807) is 6.07 Å². The van der Waals surface area contributed by atoms with E-state index in [0.29, 0.717) is 18.0 Å². The number of amides is 1. The number of benzene rings is 2. The number of carbonyl (C=O) groups is 1. The van der Waals surface area contributed by atoms with E-state index in [4.69, 9.17) is 9.15 Å². The van der Waals surface area contributed by atoms with Gasteiger partial charge < -0.3 is 19.4 Å². The lowest BCUT2D eigenvalue weighted by Gasteiger charge is -2.33. The zero-order valence-electron chi connectivity index (χ0n) is 19.9. The van der Waals surface area contributed by atoms with Crippen LogP contribution in [0.15, 0.2) is 51.7 Å². The maximum absolute atomic E-state index is 12.2. The highest BCUT2D eigenvalue weighted by Gasteiger charge is 2.26. The minimum atomic E-state index is -0.448. The van der Waals surface area contributed by atoms with Crippen molar-refractivity contribution in [1.29, 1.82) is 0 Å². The Hall–Kier alpha value is -2.86. The van der Waals surface area contributed by atoms with Crippen molar-refractivity contribution in [1.82, 2.24) is 10.2 Å². The molecule has 1 aliphatic rings. The maximum Gasteiger partial charge on any atom is 0.410 e. The number of rotatable bonds is 6. The summed E-state index contributed by atoms with van der Waals surface area (Å²) in [4.78, 5) is 26.1. The van der Waals surface area contributed by atoms with Crippen LogP contribution in [0.25, 0.3) is 21.7 Å². The lowest BCUT2D eigenvalue weighted by molar-refractivity contribution is 0.0180. The van der Waals surface area contributed by atoms with Crippen LogP contribution < -0.4 is 10.9 Å². The molecule has 1 amide bonds. The Bertz CT molecular complexity index is 1170. The molecule has 1 aliphatic heterocycles. The van der Waals surface area contributed by atoms with Crippen LogP contribution in [0.2, 0.25) is 0 Å². The standard InChI is InChI=1S/C27H34N2O4/c1-27(2,3)33-26(31)29-15-12-19(13-16-29)7-6-14-28-18-21-17-24(30)32-23-11-10-20-8-4-5-9-22(20)25(21)23/h4-5,8-11,17,19,28H,6-7,12-16,18H2,1-3H3. The summed E-state index contributed by atoms with van der Waals surface area (Å²) in [5.74, 6) is 0.638. The van der Waals surface area contributed by atoms with Gasteiger partial charge in [-0.25, -0.2) is 9.59 Å². The molecular formula is C27H34N2O4. The zero-order valence-corrected chi connectivity index (χ0v) is 19.9. The van der Waals surface area contributed by atoms with Crippen molar-refractivity contribution in [2.24, 2.45) is 5.92 Å². The predicted octanol–water partition coefficient (Wildman–Crippen LogP) is 5.46. The summed E-state index contributed by atoms with van der Waals surface area (Å²) in [6.45, 7) is 8.76. The lowest BCUT2D eigenvalue weighted by Crippen LogP contribution is -2.41. The van der Waals surface area contributed by atoms with Crippen LogP contribution in [0.4, 0.5) is 4.79 Å². The molecule has 1 N–H and O–H groups in total. The Morgan fingerprint density at radius 1 is 1.15 bits per heavy atom. The minimum Gasteiger partial charge on any atom is -0.444 e. The van der Waals surface area contributed by atoms with E-state index in [2.05, 4.69) is 17.4 Å². The molecule has 0 radical (unpaired) electrons. The first kappa shape index (κ1) is 23.3. The van der Waals surface area contributed by atoms with E-state index in [-0.39, 0.29) is 11.7 Å². The minimum absolute atomic E-state index is 0.199. The second kappa shape index (κ2) is 9.96. The Morgan fingerprint density at radius 2 is 1.91 bits per heavy atom. The number of nitrogens with zero attached hydrogens (tertiary/aromatic N) is 1. The van der Waals surface area contributed by atoms with Crippen LogP contribution in [-0.4, -0.2) is 36.2 Å². The van der Waals surface area contributed by atoms with Crippen molar-refractivity contribution < 1.29 is 13.9 Å². The zero-order chi connectivity index (χ0) is 23.4. The average molecular weight is 451 g/mol. The molecular weight excluding hydrogens is 416 g/mol. The first-order valence-corrected chi connectivity index (χ1v) is 11.9. The summed E-state index contributed by atoms with van der Waals surface area (Å²) in [5.41, 5.74) is 0.849. The van der Waals surface area contributed by atoms with Crippen molar-refractivity contribution in [3.63, 3.8) is 0 Å². The number of nitrogens with one attached hydrogen (secondary N) is 1. The largest absolute Gasteiger partial charge is 0.444 e. The molecule has 1 aromatic heterocycles. The van der Waals surface area contributed by atoms with Gasteiger partial charge in [-0.1, -0.05) is 30.3 Å². The third-order valence-electron chi connectivity index (χ3n) is 6.26. The molecule has 0 aliphatic carbocycles. The summed E-state index contributed by atoms with van der Waals surface area (Å²) in [6.07, 6.45) is 4.05. The van der Waals surface area contributed by atoms with Gasteiger partial charge in [0.15, 0.2) is 0 Å². The molecule has 4 rings (SSSR count). The molecule has 2 aromatic carbocycles. The number of hydrogen-bond acceptors (Lipinski definition) is 5. The van der Waals surface area contributed by atoms with Crippen molar-refractivity contribution in [2.45, 2.75) is 58.6 Å². The van der Waals surface area contributed by atoms with Gasteiger partial charge in [-0.3, -0.25) is 0 Å². The summed E-state index contributed by atoms with van der Waals surface area (Å²) in [6, 6.07) is 13.7. The van der Waals surface area contributed by atoms with Gasteiger partial charge >= 0.3 is 11.7 Å². The number of likely N-dealkylation sites (tertiary alicyclic amines) is 1.